The van der Waals surface area contributed by atoms with Crippen LogP contribution in [-0.4, -0.2) is 70.5 Å². The second kappa shape index (κ2) is 69.0. The Bertz CT molecular complexity index is 4840. The van der Waals surface area contributed by atoms with Gasteiger partial charge in [0.15, 0.2) is 12.6 Å². The van der Waals surface area contributed by atoms with E-state index in [1.54, 1.807) is 32.4 Å². The molecule has 596 valence electrons. The normalized spacial score (nSPS) is 7.71. The number of aliphatic hydroxyl groups is 1. The number of benzene rings is 3. The summed E-state index contributed by atoms with van der Waals surface area (Å²) in [5, 5.41) is 18.3. The van der Waals surface area contributed by atoms with Crippen molar-refractivity contribution in [3.63, 3.8) is 0 Å². The molecule has 3 aromatic rings. The molecule has 0 aliphatic rings. The van der Waals surface area contributed by atoms with Crippen molar-refractivity contribution in [3.8, 4) is 296 Å². The first-order valence-electron chi connectivity index (χ1n) is 32.5. The van der Waals surface area contributed by atoms with Crippen LogP contribution >= 0.6 is 0 Å². The molecule has 0 atom stereocenters. The van der Waals surface area contributed by atoms with Gasteiger partial charge in [-0.3, -0.25) is 9.59 Å². The Balaban J connectivity index is -0.0000000243. The summed E-state index contributed by atoms with van der Waals surface area (Å²) in [5.41, 5.74) is 1.72. The van der Waals surface area contributed by atoms with E-state index in [0.29, 0.717) is 61.1 Å². The number of hydrogen-bond acceptors (Lipinski definition) is 11. The molecule has 0 saturated heterocycles. The Morgan fingerprint density at radius 3 is 0.864 bits per heavy atom. The molecule has 0 heterocycles. The van der Waals surface area contributed by atoms with Crippen molar-refractivity contribution < 1.29 is 116 Å². The number of hydrogen-bond donors (Lipinski definition) is 2. The summed E-state index contributed by atoms with van der Waals surface area (Å²) >= 11 is 0. The lowest BCUT2D eigenvalue weighted by Crippen LogP contribution is -1.99. The number of phenolic OH excluding ortho intramolecular Hbond substituents is 1. The number of carbonyl (C=O) groups is 2. The third kappa shape index (κ3) is 54.5. The van der Waals surface area contributed by atoms with Crippen molar-refractivity contribution in [2.75, 3.05) is 47.8 Å². The van der Waals surface area contributed by atoms with Gasteiger partial charge in [-0.2, -0.15) is 0 Å². The summed E-state index contributed by atoms with van der Waals surface area (Å²) in [6, 6.07) is 15.1. The average molecular weight is 1440 g/mol. The van der Waals surface area contributed by atoms with Crippen LogP contribution in [0.3, 0.4) is 0 Å². The van der Waals surface area contributed by atoms with Crippen LogP contribution in [-0.2, 0) is 16.1 Å². The zero-order valence-electron chi connectivity index (χ0n) is 58.3. The Morgan fingerprint density at radius 2 is 0.573 bits per heavy atom. The topological polar surface area (TPSA) is 139 Å². The number of aldehydes is 2. The Hall–Kier alpha value is -14.3. The Kier molecular flexibility index (Phi) is 58.1. The smallest absolute Gasteiger partial charge is 0.153 e. The maximum Gasteiger partial charge on any atom is 0.153 e. The summed E-state index contributed by atoms with van der Waals surface area (Å²) in [5.74, 6) is 103. The number of terminal acetylenes is 2. The minimum Gasteiger partial charge on any atom is -0.508 e. The molecule has 103 heavy (non-hydrogen) atoms. The average Bonchev–Trinajstić information content (AvgIpc) is 0.875. The molecule has 0 radical (unpaired) electrons. The molecule has 0 bridgehead atoms. The van der Waals surface area contributed by atoms with Gasteiger partial charge >= 0.3 is 0 Å². The predicted octanol–water partition coefficient (Wildman–Crippen LogP) is 22.6. The fourth-order valence-electron chi connectivity index (χ4n) is 7.74. The maximum atomic E-state index is 11.0. The molecule has 0 aliphatic heterocycles. The first-order valence-corrected chi connectivity index (χ1v) is 32.5. The summed E-state index contributed by atoms with van der Waals surface area (Å²) < 4.78 is 37.4. The van der Waals surface area contributed by atoms with Crippen LogP contribution in [0.4, 0.5) is 0 Å². The van der Waals surface area contributed by atoms with Crippen molar-refractivity contribution in [2.24, 2.45) is 0 Å². The standard InChI is InChI=1S/C42H34O4.C42H32O4.C8H8O3.44H2/c2*1-3-4-5-6-7-8-9-10-11-12-13-14-15-16-17-18-21-24-27-30-35-45-36-31-28-25-22-19-20-23-26-29-32-37-46-41-34-33-40(39-43)42(38-41)44-2;1-11-8-4-7(10)3-2-6(8)5-9;;;;;;;;;;;;;;;;;;;;;;;;;;;;;;;;;;;;;;;;;;;;/h1,33-34,38,43H,19-20,22-23,25-26,28-29,31-32,36-37,39H2,2H3;1,33-34,38-39H,19-20,22-23,25-26,28-29,31-32,36-37H2,2H3;2-5,10H,1H3;44*1H. The summed E-state index contributed by atoms with van der Waals surface area (Å²) in [7, 11) is 4.59. The molecule has 11 heteroatoms. The molecule has 0 fully saturated rings. The molecule has 0 aromatic heterocycles. The van der Waals surface area contributed by atoms with Crippen LogP contribution in [0.15, 0.2) is 54.6 Å². The van der Waals surface area contributed by atoms with Crippen LogP contribution in [0.25, 0.3) is 0 Å². The number of methoxy groups -OCH3 is 3. The van der Waals surface area contributed by atoms with E-state index in [9.17, 15) is 14.7 Å². The number of rotatable bonds is 34. The van der Waals surface area contributed by atoms with Gasteiger partial charge in [0.25, 0.3) is 0 Å². The fraction of sp³-hybridized carbons (Fsp3) is 0.304. The molecule has 3 aromatic carbocycles. The van der Waals surface area contributed by atoms with E-state index in [4.69, 9.17) is 51.1 Å². The van der Waals surface area contributed by atoms with Gasteiger partial charge in [-0.1, -0.05) is 103 Å². The second-order valence-corrected chi connectivity index (χ2v) is 19.9. The molecular formula is C92H162O11. The van der Waals surface area contributed by atoms with Gasteiger partial charge in [-0.25, -0.2) is 0 Å². The molecule has 11 nitrogen and oxygen atoms in total. The van der Waals surface area contributed by atoms with Crippen molar-refractivity contribution in [1.82, 2.24) is 0 Å². The first-order chi connectivity index (χ1) is 50.9. The highest BCUT2D eigenvalue weighted by molar-refractivity contribution is 5.80. The first kappa shape index (κ1) is 86.7. The van der Waals surface area contributed by atoms with E-state index in [0.717, 1.165) is 68.3 Å². The number of aromatic hydroxyl groups is 1. The SMILES string of the molecule is C#CC#CC#CC#CC#CC#CC#CC#CC#CC#CC#COCCCCCCCCCCCCOc1ccc(C=O)c(OC)c1.C#CC#CC#CC#CC#CC#CC#CC#CC#CC#CC#COCCCCCCCCCCCCOc1ccc(CO)c(OC)c1.COc1cc(O)ccc1C=O.[HH].[HH].[HH].[HH].[HH].[HH].[HH].[HH].[HH].[HH].[HH].[HH].[HH].[HH].[HH].[HH].[HH].[HH].[HH].[HH].[HH].[HH].[HH].[HH].[HH].[HH].[HH].[HH].[HH].[HH].[HH].[HH].[HH].[HH].[HH].[HH].[HH].[HH].[HH].[HH].[HH].[HH].[HH].[HH]. The van der Waals surface area contributed by atoms with Gasteiger partial charge in [-0.05, 0) is 157 Å². The fourth-order valence-corrected chi connectivity index (χ4v) is 7.74. The third-order valence-electron chi connectivity index (χ3n) is 12.6. The van der Waals surface area contributed by atoms with E-state index in [1.807, 2.05) is 18.2 Å². The van der Waals surface area contributed by atoms with Crippen LogP contribution in [0.2, 0.25) is 0 Å². The zero-order valence-corrected chi connectivity index (χ0v) is 58.3. The van der Waals surface area contributed by atoms with E-state index >= 15 is 0 Å². The summed E-state index contributed by atoms with van der Waals surface area (Å²) in [4.78, 5) is 21.3. The maximum absolute atomic E-state index is 11.0. The van der Waals surface area contributed by atoms with Crippen LogP contribution in [0.1, 0.15) is 217 Å². The lowest BCUT2D eigenvalue weighted by atomic mass is 10.1. The van der Waals surface area contributed by atoms with Gasteiger partial charge in [0.1, 0.15) is 59.9 Å². The predicted molar refractivity (Wildman–Crippen MR) is 499 cm³/mol. The third-order valence-corrected chi connectivity index (χ3v) is 12.6. The van der Waals surface area contributed by atoms with Crippen LogP contribution < -0.4 is 23.7 Å². The molecule has 0 aliphatic carbocycles. The molecule has 0 amide bonds. The molecule has 0 spiro atoms. The Labute approximate surface area is 678 Å². The van der Waals surface area contributed by atoms with Gasteiger partial charge in [-0.15, -0.1) is 12.8 Å². The summed E-state index contributed by atoms with van der Waals surface area (Å²) in [6.07, 6.45) is 40.0. The highest BCUT2D eigenvalue weighted by Crippen LogP contribution is 2.26. The van der Waals surface area contributed by atoms with E-state index in [1.165, 1.54) is 109 Å². The molecule has 2 N–H and O–H groups in total. The van der Waals surface area contributed by atoms with Crippen molar-refractivity contribution in [3.05, 3.63) is 71.3 Å². The Morgan fingerprint density at radius 1 is 0.320 bits per heavy atom. The minimum absolute atomic E-state index is 0. The van der Waals surface area contributed by atoms with E-state index < -0.39 is 0 Å². The van der Waals surface area contributed by atoms with E-state index in [2.05, 4.69) is 249 Å². The summed E-state index contributed by atoms with van der Waals surface area (Å²) in [6.45, 7) is 2.52. The largest absolute Gasteiger partial charge is 0.508 e. The van der Waals surface area contributed by atoms with E-state index in [-0.39, 0.29) is 75.1 Å². The monoisotopic (exact) mass is 1440 g/mol. The van der Waals surface area contributed by atoms with Gasteiger partial charge < -0.3 is 43.4 Å². The number of aliphatic hydroxyl groups excluding tert-OH is 1. The zero-order chi connectivity index (χ0) is 74.3. The quantitative estimate of drug-likeness (QED) is 0.0336. The lowest BCUT2D eigenvalue weighted by molar-refractivity contribution is 0.111. The number of unbranched alkanes of at least 4 members (excludes halogenated alkanes) is 18. The molecular weight excluding hydrogens is 1280 g/mol. The van der Waals surface area contributed by atoms with Crippen molar-refractivity contribution in [1.29, 1.82) is 0 Å². The molecule has 0 saturated carbocycles. The molecule has 0 unspecified atom stereocenters. The van der Waals surface area contributed by atoms with Crippen LogP contribution in [0.5, 0.6) is 34.5 Å². The minimum atomic E-state index is -0.0441. The highest BCUT2D eigenvalue weighted by Gasteiger charge is 2.06. The number of ether oxygens (including phenoxy) is 7. The van der Waals surface area contributed by atoms with Crippen molar-refractivity contribution in [2.45, 2.75) is 135 Å². The van der Waals surface area contributed by atoms with Crippen molar-refractivity contribution >= 4 is 12.6 Å². The number of phenols is 1. The van der Waals surface area contributed by atoms with Crippen LogP contribution in [0, 0.1) is 262 Å². The second-order valence-electron chi connectivity index (χ2n) is 19.9. The molecule has 3 rings (SSSR count). The number of carbonyl (C=O) groups excluding carboxylic acids is 2. The van der Waals surface area contributed by atoms with Gasteiger partial charge in [0.2, 0.25) is 0 Å². The highest BCUT2D eigenvalue weighted by atomic mass is 16.5. The lowest BCUT2D eigenvalue weighted by Gasteiger charge is -2.10. The van der Waals surface area contributed by atoms with Gasteiger partial charge in [0.05, 0.1) is 52.3 Å². The van der Waals surface area contributed by atoms with Gasteiger partial charge in [0, 0.05) is 229 Å².